The van der Waals surface area contributed by atoms with Crippen LogP contribution in [-0.2, 0) is 16.0 Å². The van der Waals surface area contributed by atoms with E-state index in [0.717, 1.165) is 12.1 Å². The molecule has 0 aliphatic rings. The summed E-state index contributed by atoms with van der Waals surface area (Å²) in [6, 6.07) is 0. The maximum atomic E-state index is 11.5. The minimum atomic E-state index is -0.0460. The van der Waals surface area contributed by atoms with Gasteiger partial charge in [0.2, 0.25) is 5.91 Å². The number of ether oxygens (including phenoxy) is 1. The fourth-order valence-corrected chi connectivity index (χ4v) is 1.39. The highest BCUT2D eigenvalue weighted by molar-refractivity contribution is 5.78. The third-order valence-electron chi connectivity index (χ3n) is 2.17. The van der Waals surface area contributed by atoms with Gasteiger partial charge in [0.25, 0.3) is 0 Å². The minimum absolute atomic E-state index is 0.0460. The summed E-state index contributed by atoms with van der Waals surface area (Å²) in [5.41, 5.74) is 0.782. The summed E-state index contributed by atoms with van der Waals surface area (Å²) < 4.78 is 10.2. The predicted molar refractivity (Wildman–Crippen MR) is 59.2 cm³/mol. The molecule has 0 aliphatic heterocycles. The molecule has 1 N–H and O–H groups in total. The molecule has 90 valence electrons. The molecule has 0 unspecified atom stereocenters. The Labute approximate surface area is 95.2 Å². The molecule has 0 aromatic carbocycles. The number of nitrogens with one attached hydrogen (secondary N) is 1. The van der Waals surface area contributed by atoms with Crippen molar-refractivity contribution in [2.45, 2.75) is 26.7 Å². The van der Waals surface area contributed by atoms with Crippen LogP contribution in [0.15, 0.2) is 4.42 Å². The van der Waals surface area contributed by atoms with Crippen molar-refractivity contribution in [3.05, 3.63) is 17.3 Å². The Morgan fingerprint density at radius 2 is 2.25 bits per heavy atom. The summed E-state index contributed by atoms with van der Waals surface area (Å²) in [4.78, 5) is 15.6. The van der Waals surface area contributed by atoms with Gasteiger partial charge in [0.15, 0.2) is 5.89 Å². The van der Waals surface area contributed by atoms with E-state index in [0.29, 0.717) is 24.8 Å². The number of aromatic nitrogens is 1. The third kappa shape index (κ3) is 4.02. The van der Waals surface area contributed by atoms with Crippen molar-refractivity contribution in [3.8, 4) is 0 Å². The summed E-state index contributed by atoms with van der Waals surface area (Å²) in [6.07, 6.45) is 1.07. The molecular formula is C11H18N2O3. The van der Waals surface area contributed by atoms with E-state index in [1.807, 2.05) is 6.92 Å². The van der Waals surface area contributed by atoms with E-state index in [2.05, 4.69) is 10.3 Å². The van der Waals surface area contributed by atoms with E-state index in [4.69, 9.17) is 9.15 Å². The maximum absolute atomic E-state index is 11.5. The van der Waals surface area contributed by atoms with Crippen molar-refractivity contribution < 1.29 is 13.9 Å². The summed E-state index contributed by atoms with van der Waals surface area (Å²) >= 11 is 0. The van der Waals surface area contributed by atoms with Gasteiger partial charge in [-0.15, -0.1) is 0 Å². The van der Waals surface area contributed by atoms with E-state index in [1.165, 1.54) is 0 Å². The summed E-state index contributed by atoms with van der Waals surface area (Å²) in [5.74, 6) is 1.19. The molecule has 0 fully saturated rings. The molecule has 0 saturated heterocycles. The van der Waals surface area contributed by atoms with Gasteiger partial charge in [-0.05, 0) is 13.3 Å². The Bertz CT molecular complexity index is 347. The molecule has 0 spiro atoms. The summed E-state index contributed by atoms with van der Waals surface area (Å²) in [5, 5.41) is 2.80. The molecule has 0 radical (unpaired) electrons. The number of rotatable bonds is 6. The second-order valence-corrected chi connectivity index (χ2v) is 3.61. The lowest BCUT2D eigenvalue weighted by atomic mass is 10.2. The van der Waals surface area contributed by atoms with E-state index in [1.54, 1.807) is 14.0 Å². The second-order valence-electron chi connectivity index (χ2n) is 3.61. The first-order valence-corrected chi connectivity index (χ1v) is 5.32. The standard InChI is InChI=1S/C11H18N2O3/c1-8-10(16-9(2)13-8)7-11(14)12-5-4-6-15-3/h4-7H2,1-3H3,(H,12,14). The van der Waals surface area contributed by atoms with Crippen molar-refractivity contribution in [2.24, 2.45) is 0 Å². The van der Waals surface area contributed by atoms with Crippen LogP contribution in [0.5, 0.6) is 0 Å². The second kappa shape index (κ2) is 6.27. The predicted octanol–water partition coefficient (Wildman–Crippen LogP) is 0.987. The minimum Gasteiger partial charge on any atom is -0.445 e. The molecule has 16 heavy (non-hydrogen) atoms. The van der Waals surface area contributed by atoms with Crippen LogP contribution in [0.4, 0.5) is 0 Å². The average Bonchev–Trinajstić information content (AvgIpc) is 2.52. The number of nitrogens with zero attached hydrogens (tertiary/aromatic N) is 1. The Hall–Kier alpha value is -1.36. The van der Waals surface area contributed by atoms with Gasteiger partial charge < -0.3 is 14.5 Å². The molecule has 1 amide bonds. The van der Waals surface area contributed by atoms with Crippen LogP contribution in [0.1, 0.15) is 23.8 Å². The molecule has 1 aromatic heterocycles. The number of hydrogen-bond donors (Lipinski definition) is 1. The topological polar surface area (TPSA) is 64.4 Å². The number of hydrogen-bond acceptors (Lipinski definition) is 4. The van der Waals surface area contributed by atoms with Gasteiger partial charge in [0.1, 0.15) is 5.76 Å². The fourth-order valence-electron chi connectivity index (χ4n) is 1.39. The first-order valence-electron chi connectivity index (χ1n) is 5.32. The van der Waals surface area contributed by atoms with Crippen LogP contribution >= 0.6 is 0 Å². The average molecular weight is 226 g/mol. The molecule has 1 aromatic rings. The van der Waals surface area contributed by atoms with Gasteiger partial charge in [0, 0.05) is 27.2 Å². The Kier molecular flexibility index (Phi) is 4.98. The van der Waals surface area contributed by atoms with Gasteiger partial charge in [0.05, 0.1) is 12.1 Å². The van der Waals surface area contributed by atoms with Crippen LogP contribution in [0.2, 0.25) is 0 Å². The number of carbonyl (C=O) groups excluding carboxylic acids is 1. The number of aryl methyl sites for hydroxylation is 2. The van der Waals surface area contributed by atoms with E-state index in [-0.39, 0.29) is 12.3 Å². The zero-order valence-electron chi connectivity index (χ0n) is 10.0. The van der Waals surface area contributed by atoms with E-state index in [9.17, 15) is 4.79 Å². The van der Waals surface area contributed by atoms with Crippen LogP contribution in [0, 0.1) is 13.8 Å². The van der Waals surface area contributed by atoms with Crippen molar-refractivity contribution >= 4 is 5.91 Å². The van der Waals surface area contributed by atoms with Crippen LogP contribution in [0.25, 0.3) is 0 Å². The van der Waals surface area contributed by atoms with Gasteiger partial charge in [-0.25, -0.2) is 4.98 Å². The molecule has 1 heterocycles. The number of carbonyl (C=O) groups is 1. The monoisotopic (exact) mass is 226 g/mol. The van der Waals surface area contributed by atoms with Crippen molar-refractivity contribution in [1.82, 2.24) is 10.3 Å². The molecule has 0 saturated carbocycles. The SMILES string of the molecule is COCCCNC(=O)Cc1oc(C)nc1C. The van der Waals surface area contributed by atoms with Gasteiger partial charge in [-0.3, -0.25) is 4.79 Å². The highest BCUT2D eigenvalue weighted by Gasteiger charge is 2.11. The molecular weight excluding hydrogens is 208 g/mol. The van der Waals surface area contributed by atoms with E-state index < -0.39 is 0 Å². The third-order valence-corrected chi connectivity index (χ3v) is 2.17. The maximum Gasteiger partial charge on any atom is 0.227 e. The molecule has 0 aliphatic carbocycles. The van der Waals surface area contributed by atoms with Crippen molar-refractivity contribution in [1.29, 1.82) is 0 Å². The largest absolute Gasteiger partial charge is 0.445 e. The molecule has 0 bridgehead atoms. The zero-order chi connectivity index (χ0) is 12.0. The van der Waals surface area contributed by atoms with Crippen LogP contribution in [-0.4, -0.2) is 31.2 Å². The quantitative estimate of drug-likeness (QED) is 0.734. The van der Waals surface area contributed by atoms with Crippen molar-refractivity contribution in [3.63, 3.8) is 0 Å². The van der Waals surface area contributed by atoms with Gasteiger partial charge >= 0.3 is 0 Å². The Morgan fingerprint density at radius 3 is 2.81 bits per heavy atom. The highest BCUT2D eigenvalue weighted by atomic mass is 16.5. The number of oxazole rings is 1. The molecule has 5 heteroatoms. The highest BCUT2D eigenvalue weighted by Crippen LogP contribution is 2.09. The van der Waals surface area contributed by atoms with Crippen LogP contribution in [0.3, 0.4) is 0 Å². The van der Waals surface area contributed by atoms with E-state index >= 15 is 0 Å². The lowest BCUT2D eigenvalue weighted by molar-refractivity contribution is -0.120. The fraction of sp³-hybridized carbons (Fsp3) is 0.636. The lowest BCUT2D eigenvalue weighted by Gasteiger charge is -2.03. The molecule has 0 atom stereocenters. The molecule has 1 rings (SSSR count). The zero-order valence-corrected chi connectivity index (χ0v) is 10.0. The Balaban J connectivity index is 2.31. The van der Waals surface area contributed by atoms with Crippen molar-refractivity contribution in [2.75, 3.05) is 20.3 Å². The number of methoxy groups -OCH3 is 1. The van der Waals surface area contributed by atoms with Gasteiger partial charge in [-0.1, -0.05) is 0 Å². The molecule has 5 nitrogen and oxygen atoms in total. The Morgan fingerprint density at radius 1 is 1.50 bits per heavy atom. The smallest absolute Gasteiger partial charge is 0.227 e. The first kappa shape index (κ1) is 12.7. The lowest BCUT2D eigenvalue weighted by Crippen LogP contribution is -2.26. The normalized spacial score (nSPS) is 10.4. The first-order chi connectivity index (χ1) is 7.63. The summed E-state index contributed by atoms with van der Waals surface area (Å²) in [7, 11) is 1.64. The number of amides is 1. The summed E-state index contributed by atoms with van der Waals surface area (Å²) in [6.45, 7) is 4.89. The van der Waals surface area contributed by atoms with Gasteiger partial charge in [-0.2, -0.15) is 0 Å². The van der Waals surface area contributed by atoms with Crippen LogP contribution < -0.4 is 5.32 Å².